The minimum atomic E-state index is 0.0484. The summed E-state index contributed by atoms with van der Waals surface area (Å²) < 4.78 is 6.51. The molecule has 3 rings (SSSR count). The van der Waals surface area contributed by atoms with Crippen LogP contribution in [0.1, 0.15) is 12.0 Å². The van der Waals surface area contributed by atoms with Crippen LogP contribution in [0.25, 0.3) is 0 Å². The predicted molar refractivity (Wildman–Crippen MR) is 79.8 cm³/mol. The molecular formula is C14H12BrN3O2. The van der Waals surface area contributed by atoms with Gasteiger partial charge in [0, 0.05) is 18.3 Å². The van der Waals surface area contributed by atoms with Gasteiger partial charge in [0.15, 0.2) is 5.75 Å². The van der Waals surface area contributed by atoms with E-state index in [0.717, 1.165) is 11.3 Å². The number of halogens is 1. The Morgan fingerprint density at radius 1 is 1.30 bits per heavy atom. The first-order valence-corrected chi connectivity index (χ1v) is 6.92. The molecule has 1 aromatic carbocycles. The molecule has 1 amide bonds. The minimum absolute atomic E-state index is 0.0484. The molecule has 1 aromatic heterocycles. The lowest BCUT2D eigenvalue weighted by Crippen LogP contribution is -2.18. The van der Waals surface area contributed by atoms with Gasteiger partial charge in [-0.2, -0.15) is 0 Å². The Labute approximate surface area is 124 Å². The number of nitrogen functional groups attached to an aromatic ring is 1. The molecule has 0 saturated carbocycles. The number of carbonyl (C=O) groups is 1. The van der Waals surface area contributed by atoms with Crippen molar-refractivity contribution in [2.24, 2.45) is 0 Å². The lowest BCUT2D eigenvalue weighted by molar-refractivity contribution is -0.116. The number of fused-ring (bicyclic) bond motifs is 1. The maximum Gasteiger partial charge on any atom is 0.224 e. The van der Waals surface area contributed by atoms with Crippen molar-refractivity contribution < 1.29 is 9.53 Å². The lowest BCUT2D eigenvalue weighted by Gasteiger charge is -2.18. The molecule has 1 aliphatic rings. The van der Waals surface area contributed by atoms with Crippen LogP contribution in [-0.2, 0) is 11.2 Å². The molecule has 0 bridgehead atoms. The van der Waals surface area contributed by atoms with Gasteiger partial charge in [-0.3, -0.25) is 9.78 Å². The van der Waals surface area contributed by atoms with Crippen LogP contribution < -0.4 is 15.8 Å². The summed E-state index contributed by atoms with van der Waals surface area (Å²) >= 11 is 3.36. The molecule has 0 aliphatic carbocycles. The van der Waals surface area contributed by atoms with Gasteiger partial charge in [0.25, 0.3) is 0 Å². The molecule has 3 N–H and O–H groups in total. The fourth-order valence-corrected chi connectivity index (χ4v) is 2.52. The Kier molecular flexibility index (Phi) is 3.31. The molecular weight excluding hydrogens is 322 g/mol. The molecule has 5 nitrogen and oxygen atoms in total. The number of amides is 1. The quantitative estimate of drug-likeness (QED) is 0.885. The zero-order chi connectivity index (χ0) is 14.1. The molecule has 0 atom stereocenters. The summed E-state index contributed by atoms with van der Waals surface area (Å²) in [5.41, 5.74) is 8.22. The standard InChI is InChI=1S/C14H12BrN3O2/c15-10-6-17-7-11(16)14(10)20-9-2-3-12-8(5-9)1-4-13(19)18-12/h2-3,5-7H,1,4,16H2,(H,18,19). The first-order valence-electron chi connectivity index (χ1n) is 6.13. The van der Waals surface area contributed by atoms with Gasteiger partial charge >= 0.3 is 0 Å². The first-order chi connectivity index (χ1) is 9.63. The van der Waals surface area contributed by atoms with Crippen molar-refractivity contribution in [2.45, 2.75) is 12.8 Å². The Morgan fingerprint density at radius 3 is 2.95 bits per heavy atom. The van der Waals surface area contributed by atoms with E-state index in [9.17, 15) is 4.79 Å². The number of ether oxygens (including phenoxy) is 1. The normalized spacial score (nSPS) is 13.6. The SMILES string of the molecule is Nc1cncc(Br)c1Oc1ccc2c(c1)CCC(=O)N2. The smallest absolute Gasteiger partial charge is 0.224 e. The van der Waals surface area contributed by atoms with Crippen molar-refractivity contribution in [3.8, 4) is 11.5 Å². The molecule has 0 radical (unpaired) electrons. The summed E-state index contributed by atoms with van der Waals surface area (Å²) in [7, 11) is 0. The van der Waals surface area contributed by atoms with Crippen molar-refractivity contribution >= 4 is 33.2 Å². The van der Waals surface area contributed by atoms with Crippen LogP contribution >= 0.6 is 15.9 Å². The Morgan fingerprint density at radius 2 is 2.15 bits per heavy atom. The maximum absolute atomic E-state index is 11.3. The average molecular weight is 334 g/mol. The number of carbonyl (C=O) groups excluding carboxylic acids is 1. The summed E-state index contributed by atoms with van der Waals surface area (Å²) in [4.78, 5) is 15.3. The van der Waals surface area contributed by atoms with Gasteiger partial charge in [-0.15, -0.1) is 0 Å². The fraction of sp³-hybridized carbons (Fsp3) is 0.143. The minimum Gasteiger partial charge on any atom is -0.454 e. The topological polar surface area (TPSA) is 77.2 Å². The summed E-state index contributed by atoms with van der Waals surface area (Å²) in [6, 6.07) is 5.56. The van der Waals surface area contributed by atoms with Crippen LogP contribution in [-0.4, -0.2) is 10.9 Å². The van der Waals surface area contributed by atoms with Crippen molar-refractivity contribution in [3.05, 3.63) is 40.6 Å². The van der Waals surface area contributed by atoms with E-state index in [-0.39, 0.29) is 5.91 Å². The number of hydrogen-bond donors (Lipinski definition) is 2. The molecule has 20 heavy (non-hydrogen) atoms. The van der Waals surface area contributed by atoms with Crippen LogP contribution in [0.2, 0.25) is 0 Å². The Balaban J connectivity index is 1.91. The van der Waals surface area contributed by atoms with Crippen LogP contribution in [0.5, 0.6) is 11.5 Å². The lowest BCUT2D eigenvalue weighted by atomic mass is 10.0. The maximum atomic E-state index is 11.3. The van der Waals surface area contributed by atoms with Crippen LogP contribution in [0, 0.1) is 0 Å². The molecule has 1 aliphatic heterocycles. The van der Waals surface area contributed by atoms with Gasteiger partial charge in [-0.25, -0.2) is 0 Å². The highest BCUT2D eigenvalue weighted by atomic mass is 79.9. The second kappa shape index (κ2) is 5.13. The third kappa shape index (κ3) is 2.46. The number of anilines is 2. The molecule has 6 heteroatoms. The molecule has 0 saturated heterocycles. The first kappa shape index (κ1) is 12.9. The van der Waals surface area contributed by atoms with Crippen molar-refractivity contribution in [2.75, 3.05) is 11.1 Å². The number of pyridine rings is 1. The molecule has 0 unspecified atom stereocenters. The molecule has 0 spiro atoms. The van der Waals surface area contributed by atoms with Crippen LogP contribution in [0.3, 0.4) is 0 Å². The third-order valence-corrected chi connectivity index (χ3v) is 3.64. The van der Waals surface area contributed by atoms with E-state index in [4.69, 9.17) is 10.5 Å². The summed E-state index contributed by atoms with van der Waals surface area (Å²) in [5, 5.41) is 2.84. The summed E-state index contributed by atoms with van der Waals surface area (Å²) in [5.74, 6) is 1.27. The number of hydrogen-bond acceptors (Lipinski definition) is 4. The van der Waals surface area contributed by atoms with Gasteiger partial charge in [-0.1, -0.05) is 0 Å². The largest absolute Gasteiger partial charge is 0.454 e. The highest BCUT2D eigenvalue weighted by Gasteiger charge is 2.16. The molecule has 2 aromatic rings. The van der Waals surface area contributed by atoms with Gasteiger partial charge in [0.1, 0.15) is 5.75 Å². The number of benzene rings is 1. The number of rotatable bonds is 2. The van der Waals surface area contributed by atoms with Crippen LogP contribution in [0.15, 0.2) is 35.1 Å². The summed E-state index contributed by atoms with van der Waals surface area (Å²) in [6.07, 6.45) is 4.38. The van der Waals surface area contributed by atoms with E-state index < -0.39 is 0 Å². The third-order valence-electron chi connectivity index (χ3n) is 3.07. The number of nitrogens with zero attached hydrogens (tertiary/aromatic N) is 1. The van der Waals surface area contributed by atoms with E-state index in [1.165, 1.54) is 0 Å². The number of nitrogens with one attached hydrogen (secondary N) is 1. The Hall–Kier alpha value is -2.08. The highest BCUT2D eigenvalue weighted by Crippen LogP contribution is 2.35. The van der Waals surface area contributed by atoms with E-state index in [0.29, 0.717) is 34.5 Å². The molecule has 102 valence electrons. The predicted octanol–water partition coefficient (Wildman–Crippen LogP) is 3.10. The van der Waals surface area contributed by atoms with Crippen molar-refractivity contribution in [1.82, 2.24) is 4.98 Å². The zero-order valence-electron chi connectivity index (χ0n) is 10.5. The van der Waals surface area contributed by atoms with Crippen molar-refractivity contribution in [1.29, 1.82) is 0 Å². The second-order valence-electron chi connectivity index (χ2n) is 4.51. The average Bonchev–Trinajstić information content (AvgIpc) is 2.43. The van der Waals surface area contributed by atoms with E-state index in [2.05, 4.69) is 26.2 Å². The van der Waals surface area contributed by atoms with Gasteiger partial charge in [-0.05, 0) is 46.1 Å². The zero-order valence-corrected chi connectivity index (χ0v) is 12.1. The van der Waals surface area contributed by atoms with Gasteiger partial charge in [0.05, 0.1) is 16.4 Å². The van der Waals surface area contributed by atoms with Crippen LogP contribution in [0.4, 0.5) is 11.4 Å². The fourth-order valence-electron chi connectivity index (χ4n) is 2.09. The number of nitrogens with two attached hydrogens (primary N) is 1. The van der Waals surface area contributed by atoms with E-state index in [1.54, 1.807) is 18.5 Å². The van der Waals surface area contributed by atoms with E-state index >= 15 is 0 Å². The second-order valence-corrected chi connectivity index (χ2v) is 5.36. The molecule has 0 fully saturated rings. The van der Waals surface area contributed by atoms with Gasteiger partial charge < -0.3 is 15.8 Å². The monoisotopic (exact) mass is 333 g/mol. The number of aromatic nitrogens is 1. The van der Waals surface area contributed by atoms with E-state index in [1.807, 2.05) is 12.1 Å². The molecule has 2 heterocycles. The van der Waals surface area contributed by atoms with Crippen molar-refractivity contribution in [3.63, 3.8) is 0 Å². The summed E-state index contributed by atoms with van der Waals surface area (Å²) in [6.45, 7) is 0. The Bertz CT molecular complexity index is 668. The van der Waals surface area contributed by atoms with Gasteiger partial charge in [0.2, 0.25) is 5.91 Å². The highest BCUT2D eigenvalue weighted by molar-refractivity contribution is 9.10. The number of aryl methyl sites for hydroxylation is 1.